The zero-order chi connectivity index (χ0) is 18.1. The number of pyridine rings is 1. The summed E-state index contributed by atoms with van der Waals surface area (Å²) in [5.74, 6) is -0.0752. The minimum atomic E-state index is -1.30. The molecule has 0 aliphatic heterocycles. The third-order valence-electron chi connectivity index (χ3n) is 4.04. The highest BCUT2D eigenvalue weighted by atomic mass is 16.6. The number of aryl methyl sites for hydroxylation is 1. The van der Waals surface area contributed by atoms with E-state index in [-0.39, 0.29) is 12.0 Å². The van der Waals surface area contributed by atoms with Crippen LogP contribution in [0.5, 0.6) is 5.75 Å². The lowest BCUT2D eigenvalue weighted by atomic mass is 9.94. The Morgan fingerprint density at radius 2 is 1.96 bits per heavy atom. The van der Waals surface area contributed by atoms with Gasteiger partial charge in [-0.3, -0.25) is 9.59 Å². The fraction of sp³-hybridized carbons (Fsp3) is 0.444. The summed E-state index contributed by atoms with van der Waals surface area (Å²) in [4.78, 5) is 24.1. The second-order valence-corrected chi connectivity index (χ2v) is 6.35. The molecule has 1 aromatic carbocycles. The third kappa shape index (κ3) is 3.43. The van der Waals surface area contributed by atoms with Crippen LogP contribution >= 0.6 is 0 Å². The van der Waals surface area contributed by atoms with E-state index in [4.69, 9.17) is 9.47 Å². The molecule has 2 rings (SSSR count). The maximum Gasteiger partial charge on any atom is 0.303 e. The van der Waals surface area contributed by atoms with Crippen molar-refractivity contribution in [3.05, 3.63) is 40.2 Å². The molecule has 1 aromatic heterocycles. The van der Waals surface area contributed by atoms with Crippen LogP contribution < -0.4 is 10.3 Å². The lowest BCUT2D eigenvalue weighted by Crippen LogP contribution is -2.42. The lowest BCUT2D eigenvalue weighted by Gasteiger charge is -2.29. The zero-order valence-corrected chi connectivity index (χ0v) is 14.6. The van der Waals surface area contributed by atoms with Crippen LogP contribution in [0, 0.1) is 0 Å². The topological polar surface area (TPSA) is 77.8 Å². The summed E-state index contributed by atoms with van der Waals surface area (Å²) in [6.07, 6.45) is -0.804. The standard InChI is InChI=1S/C18H23NO5/c1-11(20)24-15(18(2,3)22)10-13-16(23-5)12-8-6-7-9-14(12)19(4)17(13)21/h6-9,15,22H,10H2,1-5H3/t15-/m0/s1. The van der Waals surface area contributed by atoms with E-state index in [1.165, 1.54) is 18.6 Å². The van der Waals surface area contributed by atoms with Gasteiger partial charge < -0.3 is 19.1 Å². The number of carbonyl (C=O) groups is 1. The van der Waals surface area contributed by atoms with Gasteiger partial charge in [-0.2, -0.15) is 0 Å². The van der Waals surface area contributed by atoms with Crippen LogP contribution in [0.4, 0.5) is 0 Å². The fourth-order valence-corrected chi connectivity index (χ4v) is 2.76. The Labute approximate surface area is 140 Å². The van der Waals surface area contributed by atoms with Crippen LogP contribution in [-0.2, 0) is 23.0 Å². The van der Waals surface area contributed by atoms with Crippen LogP contribution in [-0.4, -0.2) is 34.5 Å². The Morgan fingerprint density at radius 1 is 1.33 bits per heavy atom. The molecule has 130 valence electrons. The van der Waals surface area contributed by atoms with Crippen LogP contribution in [0.1, 0.15) is 26.3 Å². The number of hydrogen-bond acceptors (Lipinski definition) is 5. The van der Waals surface area contributed by atoms with Gasteiger partial charge in [0, 0.05) is 25.8 Å². The number of para-hydroxylation sites is 1. The summed E-state index contributed by atoms with van der Waals surface area (Å²) in [6.45, 7) is 4.35. The second-order valence-electron chi connectivity index (χ2n) is 6.35. The number of methoxy groups -OCH3 is 1. The average molecular weight is 333 g/mol. The van der Waals surface area contributed by atoms with Crippen molar-refractivity contribution in [2.45, 2.75) is 38.9 Å². The number of nitrogens with zero attached hydrogens (tertiary/aromatic N) is 1. The first kappa shape index (κ1) is 18.0. The number of rotatable bonds is 5. The normalized spacial score (nSPS) is 12.9. The average Bonchev–Trinajstić information content (AvgIpc) is 2.50. The molecule has 0 saturated heterocycles. The van der Waals surface area contributed by atoms with Gasteiger partial charge in [0.2, 0.25) is 0 Å². The number of aliphatic hydroxyl groups is 1. The molecule has 0 radical (unpaired) electrons. The fourth-order valence-electron chi connectivity index (χ4n) is 2.76. The summed E-state index contributed by atoms with van der Waals surface area (Å²) in [5, 5.41) is 11.1. The molecular formula is C18H23NO5. The Hall–Kier alpha value is -2.34. The molecule has 6 heteroatoms. The van der Waals surface area contributed by atoms with Crippen molar-refractivity contribution in [3.8, 4) is 5.75 Å². The quantitative estimate of drug-likeness (QED) is 0.844. The third-order valence-corrected chi connectivity index (χ3v) is 4.04. The van der Waals surface area contributed by atoms with Gasteiger partial charge in [-0.05, 0) is 26.0 Å². The number of fused-ring (bicyclic) bond motifs is 1. The highest BCUT2D eigenvalue weighted by Crippen LogP contribution is 2.29. The predicted molar refractivity (Wildman–Crippen MR) is 91.3 cm³/mol. The van der Waals surface area contributed by atoms with Gasteiger partial charge in [0.05, 0.1) is 23.8 Å². The van der Waals surface area contributed by atoms with Gasteiger partial charge >= 0.3 is 5.97 Å². The molecule has 0 amide bonds. The number of hydrogen-bond donors (Lipinski definition) is 1. The number of carbonyl (C=O) groups excluding carboxylic acids is 1. The highest BCUT2D eigenvalue weighted by molar-refractivity contribution is 5.86. The summed E-state index contributed by atoms with van der Waals surface area (Å²) in [6, 6.07) is 7.41. The molecule has 0 aliphatic carbocycles. The SMILES string of the molecule is COc1c(C[C@H](OC(C)=O)C(C)(C)O)c(=O)n(C)c2ccccc12. The van der Waals surface area contributed by atoms with E-state index >= 15 is 0 Å². The van der Waals surface area contributed by atoms with Crippen LogP contribution in [0.25, 0.3) is 10.9 Å². The first-order valence-corrected chi connectivity index (χ1v) is 7.71. The molecule has 0 spiro atoms. The molecule has 0 fully saturated rings. The van der Waals surface area contributed by atoms with Crippen LogP contribution in [0.2, 0.25) is 0 Å². The summed E-state index contributed by atoms with van der Waals surface area (Å²) >= 11 is 0. The van der Waals surface area contributed by atoms with E-state index in [9.17, 15) is 14.7 Å². The minimum absolute atomic E-state index is 0.0593. The number of ether oxygens (including phenoxy) is 2. The smallest absolute Gasteiger partial charge is 0.303 e. The maximum absolute atomic E-state index is 12.8. The molecule has 2 aromatic rings. The van der Waals surface area contributed by atoms with Crippen molar-refractivity contribution >= 4 is 16.9 Å². The van der Waals surface area contributed by atoms with Crippen molar-refractivity contribution in [2.24, 2.45) is 7.05 Å². The largest absolute Gasteiger partial charge is 0.496 e. The molecule has 0 aliphatic rings. The number of aromatic nitrogens is 1. The number of benzene rings is 1. The first-order valence-electron chi connectivity index (χ1n) is 7.71. The zero-order valence-electron chi connectivity index (χ0n) is 14.6. The molecule has 0 saturated carbocycles. The molecular weight excluding hydrogens is 310 g/mol. The van der Waals surface area contributed by atoms with Crippen LogP contribution in [0.15, 0.2) is 29.1 Å². The van der Waals surface area contributed by atoms with Gasteiger partial charge in [0.25, 0.3) is 5.56 Å². The Morgan fingerprint density at radius 3 is 2.50 bits per heavy atom. The van der Waals surface area contributed by atoms with E-state index in [1.807, 2.05) is 24.3 Å². The van der Waals surface area contributed by atoms with Crippen molar-refractivity contribution < 1.29 is 19.4 Å². The Bertz CT molecular complexity index is 816. The van der Waals surface area contributed by atoms with Crippen molar-refractivity contribution in [3.63, 3.8) is 0 Å². The van der Waals surface area contributed by atoms with Gasteiger partial charge in [0.15, 0.2) is 0 Å². The van der Waals surface area contributed by atoms with Crippen molar-refractivity contribution in [1.29, 1.82) is 0 Å². The maximum atomic E-state index is 12.8. The second kappa shape index (κ2) is 6.65. The van der Waals surface area contributed by atoms with Gasteiger partial charge in [-0.25, -0.2) is 0 Å². The first-order chi connectivity index (χ1) is 11.2. The van der Waals surface area contributed by atoms with E-state index in [0.29, 0.717) is 11.3 Å². The van der Waals surface area contributed by atoms with Crippen molar-refractivity contribution in [1.82, 2.24) is 4.57 Å². The Balaban J connectivity index is 2.65. The predicted octanol–water partition coefficient (Wildman–Crippen LogP) is 1.79. The van der Waals surface area contributed by atoms with E-state index < -0.39 is 17.7 Å². The minimum Gasteiger partial charge on any atom is -0.496 e. The van der Waals surface area contributed by atoms with Crippen molar-refractivity contribution in [2.75, 3.05) is 7.11 Å². The van der Waals surface area contributed by atoms with E-state index in [2.05, 4.69) is 0 Å². The monoisotopic (exact) mass is 333 g/mol. The molecule has 1 heterocycles. The van der Waals surface area contributed by atoms with Gasteiger partial charge in [0.1, 0.15) is 11.9 Å². The van der Waals surface area contributed by atoms with Gasteiger partial charge in [-0.15, -0.1) is 0 Å². The summed E-state index contributed by atoms with van der Waals surface area (Å²) in [7, 11) is 3.17. The molecule has 6 nitrogen and oxygen atoms in total. The lowest BCUT2D eigenvalue weighted by molar-refractivity contribution is -0.159. The summed E-state index contributed by atoms with van der Waals surface area (Å²) < 4.78 is 12.2. The Kier molecular flexibility index (Phi) is 4.99. The molecule has 1 atom stereocenters. The molecule has 0 unspecified atom stereocenters. The van der Waals surface area contributed by atoms with E-state index in [0.717, 1.165) is 10.9 Å². The summed E-state index contributed by atoms with van der Waals surface area (Å²) in [5.41, 5.74) is -0.428. The molecule has 24 heavy (non-hydrogen) atoms. The number of esters is 1. The molecule has 1 N–H and O–H groups in total. The highest BCUT2D eigenvalue weighted by Gasteiger charge is 2.32. The van der Waals surface area contributed by atoms with Gasteiger partial charge in [-0.1, -0.05) is 12.1 Å². The van der Waals surface area contributed by atoms with E-state index in [1.54, 1.807) is 20.9 Å². The van der Waals surface area contributed by atoms with Crippen LogP contribution in [0.3, 0.4) is 0 Å². The molecule has 0 bridgehead atoms.